The van der Waals surface area contributed by atoms with Gasteiger partial charge < -0.3 is 10.1 Å². The van der Waals surface area contributed by atoms with Gasteiger partial charge in [-0.05, 0) is 49.4 Å². The van der Waals surface area contributed by atoms with E-state index < -0.39 is 0 Å². The molecule has 1 N–H and O–H groups in total. The topological polar surface area (TPSA) is 21.3 Å². The van der Waals surface area contributed by atoms with E-state index in [1.54, 1.807) is 7.11 Å². The average molecular weight is 261 g/mol. The fraction of sp³-hybridized carbons (Fsp3) is 0.647. The molecule has 0 saturated heterocycles. The van der Waals surface area contributed by atoms with Crippen molar-refractivity contribution in [1.82, 2.24) is 5.32 Å². The SMILES string of the molecule is CCCCCCNC1CC(c2ccc(OC)cc2)C1. The number of ether oxygens (including phenoxy) is 1. The van der Waals surface area contributed by atoms with Gasteiger partial charge in [0.1, 0.15) is 5.75 Å². The van der Waals surface area contributed by atoms with E-state index in [-0.39, 0.29) is 0 Å². The van der Waals surface area contributed by atoms with Gasteiger partial charge in [0.05, 0.1) is 7.11 Å². The average Bonchev–Trinajstić information content (AvgIpc) is 2.41. The molecular formula is C17H27NO. The molecule has 0 aliphatic heterocycles. The van der Waals surface area contributed by atoms with Crippen molar-refractivity contribution < 1.29 is 4.74 Å². The van der Waals surface area contributed by atoms with Crippen LogP contribution in [0.2, 0.25) is 0 Å². The van der Waals surface area contributed by atoms with Gasteiger partial charge in [-0.15, -0.1) is 0 Å². The van der Waals surface area contributed by atoms with Crippen LogP contribution in [0.4, 0.5) is 0 Å². The van der Waals surface area contributed by atoms with Crippen LogP contribution in [0.3, 0.4) is 0 Å². The first-order valence-corrected chi connectivity index (χ1v) is 7.70. The van der Waals surface area contributed by atoms with Crippen molar-refractivity contribution in [1.29, 1.82) is 0 Å². The first-order valence-electron chi connectivity index (χ1n) is 7.70. The molecule has 0 atom stereocenters. The third-order valence-corrected chi connectivity index (χ3v) is 4.19. The summed E-state index contributed by atoms with van der Waals surface area (Å²) in [5, 5.41) is 3.68. The standard InChI is InChI=1S/C17H27NO/c1-3-4-5-6-11-18-16-12-15(13-16)14-7-9-17(19-2)10-8-14/h7-10,15-16,18H,3-6,11-13H2,1-2H3. The molecule has 106 valence electrons. The molecule has 2 nitrogen and oxygen atoms in total. The van der Waals surface area contributed by atoms with E-state index in [9.17, 15) is 0 Å². The van der Waals surface area contributed by atoms with Gasteiger partial charge in [-0.3, -0.25) is 0 Å². The first-order chi connectivity index (χ1) is 9.33. The zero-order valence-electron chi connectivity index (χ0n) is 12.3. The molecule has 19 heavy (non-hydrogen) atoms. The van der Waals surface area contributed by atoms with Gasteiger partial charge in [0, 0.05) is 6.04 Å². The minimum Gasteiger partial charge on any atom is -0.497 e. The van der Waals surface area contributed by atoms with Gasteiger partial charge in [0.25, 0.3) is 0 Å². The number of methoxy groups -OCH3 is 1. The maximum Gasteiger partial charge on any atom is 0.118 e. The predicted molar refractivity (Wildman–Crippen MR) is 80.9 cm³/mol. The molecule has 1 aliphatic rings. The Balaban J connectivity index is 1.62. The summed E-state index contributed by atoms with van der Waals surface area (Å²) in [5.41, 5.74) is 1.46. The van der Waals surface area contributed by atoms with Crippen molar-refractivity contribution in [3.05, 3.63) is 29.8 Å². The van der Waals surface area contributed by atoms with Gasteiger partial charge in [0.15, 0.2) is 0 Å². The first kappa shape index (κ1) is 14.4. The molecule has 1 saturated carbocycles. The highest BCUT2D eigenvalue weighted by molar-refractivity contribution is 5.30. The maximum absolute atomic E-state index is 5.19. The van der Waals surface area contributed by atoms with Gasteiger partial charge in [0.2, 0.25) is 0 Å². The van der Waals surface area contributed by atoms with E-state index >= 15 is 0 Å². The minimum atomic E-state index is 0.744. The van der Waals surface area contributed by atoms with Crippen LogP contribution in [0.25, 0.3) is 0 Å². The lowest BCUT2D eigenvalue weighted by molar-refractivity contribution is 0.289. The summed E-state index contributed by atoms with van der Waals surface area (Å²) in [7, 11) is 1.72. The van der Waals surface area contributed by atoms with E-state index in [4.69, 9.17) is 4.74 Å². The van der Waals surface area contributed by atoms with Gasteiger partial charge in [-0.1, -0.05) is 38.3 Å². The summed E-state index contributed by atoms with van der Waals surface area (Å²) >= 11 is 0. The zero-order valence-corrected chi connectivity index (χ0v) is 12.3. The Kier molecular flexibility index (Phi) is 5.71. The molecule has 0 aromatic heterocycles. The van der Waals surface area contributed by atoms with Gasteiger partial charge in [-0.2, -0.15) is 0 Å². The van der Waals surface area contributed by atoms with Crippen molar-refractivity contribution >= 4 is 0 Å². The van der Waals surface area contributed by atoms with Gasteiger partial charge in [-0.25, -0.2) is 0 Å². The highest BCUT2D eigenvalue weighted by Crippen LogP contribution is 2.37. The van der Waals surface area contributed by atoms with Crippen LogP contribution < -0.4 is 10.1 Å². The van der Waals surface area contributed by atoms with Crippen molar-refractivity contribution in [3.63, 3.8) is 0 Å². The number of rotatable bonds is 8. The summed E-state index contributed by atoms with van der Waals surface area (Å²) in [6, 6.07) is 9.30. The van der Waals surface area contributed by atoms with Crippen LogP contribution in [0, 0.1) is 0 Å². The molecule has 0 heterocycles. The van der Waals surface area contributed by atoms with Crippen LogP contribution in [0.15, 0.2) is 24.3 Å². The number of benzene rings is 1. The highest BCUT2D eigenvalue weighted by Gasteiger charge is 2.29. The Hall–Kier alpha value is -1.02. The highest BCUT2D eigenvalue weighted by atomic mass is 16.5. The fourth-order valence-corrected chi connectivity index (χ4v) is 2.79. The second kappa shape index (κ2) is 7.54. The number of hydrogen-bond acceptors (Lipinski definition) is 2. The largest absolute Gasteiger partial charge is 0.497 e. The molecule has 0 amide bonds. The quantitative estimate of drug-likeness (QED) is 0.711. The molecule has 0 spiro atoms. The Morgan fingerprint density at radius 3 is 2.47 bits per heavy atom. The van der Waals surface area contributed by atoms with E-state index in [1.807, 2.05) is 0 Å². The molecule has 2 heteroatoms. The molecule has 1 aromatic rings. The summed E-state index contributed by atoms with van der Waals surface area (Å²) in [6.07, 6.45) is 7.99. The number of nitrogens with one attached hydrogen (secondary N) is 1. The van der Waals surface area contributed by atoms with Crippen LogP contribution in [-0.2, 0) is 0 Å². The summed E-state index contributed by atoms with van der Waals surface area (Å²) < 4.78 is 5.19. The third kappa shape index (κ3) is 4.24. The van der Waals surface area contributed by atoms with E-state index in [0.717, 1.165) is 17.7 Å². The molecule has 1 aromatic carbocycles. The van der Waals surface area contributed by atoms with E-state index in [0.29, 0.717) is 0 Å². The Morgan fingerprint density at radius 1 is 1.11 bits per heavy atom. The summed E-state index contributed by atoms with van der Waals surface area (Å²) in [5.74, 6) is 1.70. The van der Waals surface area contributed by atoms with Crippen molar-refractivity contribution in [2.24, 2.45) is 0 Å². The smallest absolute Gasteiger partial charge is 0.118 e. The van der Waals surface area contributed by atoms with Gasteiger partial charge >= 0.3 is 0 Å². The maximum atomic E-state index is 5.19. The molecular weight excluding hydrogens is 234 g/mol. The molecule has 1 aliphatic carbocycles. The second-order valence-corrected chi connectivity index (χ2v) is 5.65. The summed E-state index contributed by atoms with van der Waals surface area (Å²) in [4.78, 5) is 0. The van der Waals surface area contributed by atoms with Crippen molar-refractivity contribution in [3.8, 4) is 5.75 Å². The van der Waals surface area contributed by atoms with E-state index in [2.05, 4.69) is 36.5 Å². The molecule has 0 unspecified atom stereocenters. The number of hydrogen-bond donors (Lipinski definition) is 1. The lowest BCUT2D eigenvalue weighted by atomic mass is 9.76. The van der Waals surface area contributed by atoms with E-state index in [1.165, 1.54) is 50.6 Å². The van der Waals surface area contributed by atoms with Crippen molar-refractivity contribution in [2.45, 2.75) is 57.4 Å². The Bertz CT molecular complexity index is 354. The van der Waals surface area contributed by atoms with Crippen LogP contribution in [0.5, 0.6) is 5.75 Å². The number of unbranched alkanes of at least 4 members (excludes halogenated alkanes) is 3. The second-order valence-electron chi connectivity index (χ2n) is 5.65. The molecule has 1 fully saturated rings. The zero-order chi connectivity index (χ0) is 13.5. The lowest BCUT2D eigenvalue weighted by Gasteiger charge is -2.36. The Morgan fingerprint density at radius 2 is 1.84 bits per heavy atom. The monoisotopic (exact) mass is 261 g/mol. The minimum absolute atomic E-state index is 0.744. The normalized spacial score (nSPS) is 22.0. The summed E-state index contributed by atoms with van der Waals surface area (Å²) in [6.45, 7) is 3.46. The third-order valence-electron chi connectivity index (χ3n) is 4.19. The van der Waals surface area contributed by atoms with Crippen molar-refractivity contribution in [2.75, 3.05) is 13.7 Å². The van der Waals surface area contributed by atoms with Crippen LogP contribution in [-0.4, -0.2) is 19.7 Å². The fourth-order valence-electron chi connectivity index (χ4n) is 2.79. The lowest BCUT2D eigenvalue weighted by Crippen LogP contribution is -2.40. The van der Waals surface area contributed by atoms with Crippen LogP contribution in [0.1, 0.15) is 56.9 Å². The Labute approximate surface area is 117 Å². The molecule has 0 bridgehead atoms. The molecule has 0 radical (unpaired) electrons. The predicted octanol–water partition coefficient (Wildman–Crippen LogP) is 4.11. The molecule has 2 rings (SSSR count). The van der Waals surface area contributed by atoms with Crippen LogP contribution >= 0.6 is 0 Å².